The van der Waals surface area contributed by atoms with Crippen molar-refractivity contribution in [1.29, 1.82) is 0 Å². The highest BCUT2D eigenvalue weighted by Crippen LogP contribution is 2.20. The highest BCUT2D eigenvalue weighted by Gasteiger charge is 2.28. The number of nitrogens with one attached hydrogen (secondary N) is 1. The van der Waals surface area contributed by atoms with Crippen LogP contribution in [0.2, 0.25) is 0 Å². The first-order chi connectivity index (χ1) is 9.55. The van der Waals surface area contributed by atoms with Crippen molar-refractivity contribution in [3.05, 3.63) is 29.8 Å². The van der Waals surface area contributed by atoms with Gasteiger partial charge in [0.15, 0.2) is 0 Å². The third kappa shape index (κ3) is 3.71. The number of nitrogens with zero attached hydrogens (tertiary/aromatic N) is 1. The standard InChI is InChI=1S/C14H22N2O3S/c1-15-13-6-4-8-16(10-13)20(17,18)11-12-5-3-7-14(9-12)19-2/h3,5,7,9,13,15H,4,6,8,10-11H2,1-2H3. The second kappa shape index (κ2) is 6.56. The van der Waals surface area contributed by atoms with Gasteiger partial charge in [0.05, 0.1) is 12.9 Å². The number of ether oxygens (including phenoxy) is 1. The van der Waals surface area contributed by atoms with Crippen molar-refractivity contribution in [3.8, 4) is 5.75 Å². The molecule has 1 N–H and O–H groups in total. The fraction of sp³-hybridized carbons (Fsp3) is 0.571. The van der Waals surface area contributed by atoms with Crippen molar-refractivity contribution < 1.29 is 13.2 Å². The highest BCUT2D eigenvalue weighted by atomic mass is 32.2. The second-order valence-corrected chi connectivity index (χ2v) is 7.06. The first-order valence-electron chi connectivity index (χ1n) is 6.83. The number of likely N-dealkylation sites (N-methyl/N-ethyl adjacent to an activating group) is 1. The summed E-state index contributed by atoms with van der Waals surface area (Å²) in [6, 6.07) is 7.48. The Morgan fingerprint density at radius 3 is 2.95 bits per heavy atom. The lowest BCUT2D eigenvalue weighted by atomic mass is 10.1. The van der Waals surface area contributed by atoms with Crippen LogP contribution in [0, 0.1) is 0 Å². The molecule has 1 aromatic rings. The van der Waals surface area contributed by atoms with E-state index >= 15 is 0 Å². The molecule has 2 rings (SSSR count). The Hall–Kier alpha value is -1.11. The molecule has 1 atom stereocenters. The Bertz CT molecular complexity index is 545. The van der Waals surface area contributed by atoms with Gasteiger partial charge in [0, 0.05) is 19.1 Å². The third-order valence-corrected chi connectivity index (χ3v) is 5.49. The maximum absolute atomic E-state index is 12.5. The molecule has 0 bridgehead atoms. The summed E-state index contributed by atoms with van der Waals surface area (Å²) in [6.45, 7) is 1.17. The minimum Gasteiger partial charge on any atom is -0.497 e. The number of benzene rings is 1. The predicted octanol–water partition coefficient (Wildman–Crippen LogP) is 1.21. The molecule has 0 radical (unpaired) electrons. The van der Waals surface area contributed by atoms with Crippen LogP contribution >= 0.6 is 0 Å². The molecule has 5 nitrogen and oxygen atoms in total. The lowest BCUT2D eigenvalue weighted by molar-refractivity contribution is 0.292. The van der Waals surface area contributed by atoms with Gasteiger partial charge >= 0.3 is 0 Å². The number of hydrogen-bond donors (Lipinski definition) is 1. The first kappa shape index (κ1) is 15.3. The summed E-state index contributed by atoms with van der Waals surface area (Å²) in [5.41, 5.74) is 0.760. The van der Waals surface area contributed by atoms with Crippen molar-refractivity contribution in [3.63, 3.8) is 0 Å². The van der Waals surface area contributed by atoms with E-state index in [2.05, 4.69) is 5.32 Å². The Balaban J connectivity index is 2.10. The zero-order valence-electron chi connectivity index (χ0n) is 12.0. The Kier molecular flexibility index (Phi) is 5.01. The molecule has 1 saturated heterocycles. The summed E-state index contributed by atoms with van der Waals surface area (Å²) >= 11 is 0. The van der Waals surface area contributed by atoms with E-state index in [1.807, 2.05) is 25.2 Å². The van der Waals surface area contributed by atoms with Crippen LogP contribution in [0.5, 0.6) is 5.75 Å². The van der Waals surface area contributed by atoms with E-state index < -0.39 is 10.0 Å². The molecule has 1 fully saturated rings. The van der Waals surface area contributed by atoms with Crippen molar-refractivity contribution in [2.45, 2.75) is 24.6 Å². The van der Waals surface area contributed by atoms with E-state index in [1.165, 1.54) is 0 Å². The molecule has 1 heterocycles. The average molecular weight is 298 g/mol. The summed E-state index contributed by atoms with van der Waals surface area (Å²) < 4.78 is 31.7. The van der Waals surface area contributed by atoms with Crippen LogP contribution in [-0.2, 0) is 15.8 Å². The number of hydrogen-bond acceptors (Lipinski definition) is 4. The van der Waals surface area contributed by atoms with Gasteiger partial charge in [0.1, 0.15) is 5.75 Å². The zero-order valence-corrected chi connectivity index (χ0v) is 12.8. The summed E-state index contributed by atoms with van der Waals surface area (Å²) in [7, 11) is 0.190. The van der Waals surface area contributed by atoms with Gasteiger partial charge < -0.3 is 10.1 Å². The third-order valence-electron chi connectivity index (χ3n) is 3.67. The van der Waals surface area contributed by atoms with Gasteiger partial charge in [-0.15, -0.1) is 0 Å². The minimum absolute atomic E-state index is 0.0284. The molecule has 0 saturated carbocycles. The van der Waals surface area contributed by atoms with Crippen LogP contribution in [0.4, 0.5) is 0 Å². The molecule has 1 aromatic carbocycles. The quantitative estimate of drug-likeness (QED) is 0.887. The fourth-order valence-corrected chi connectivity index (χ4v) is 4.09. The van der Waals surface area contributed by atoms with E-state index in [4.69, 9.17) is 4.74 Å². The van der Waals surface area contributed by atoms with Crippen LogP contribution in [0.1, 0.15) is 18.4 Å². The lowest BCUT2D eigenvalue weighted by Gasteiger charge is -2.31. The molecule has 0 spiro atoms. The summed E-state index contributed by atoms with van der Waals surface area (Å²) in [6.07, 6.45) is 1.94. The molecular weight excluding hydrogens is 276 g/mol. The van der Waals surface area contributed by atoms with Crippen molar-refractivity contribution in [1.82, 2.24) is 9.62 Å². The van der Waals surface area contributed by atoms with Gasteiger partial charge in [-0.3, -0.25) is 0 Å². The van der Waals surface area contributed by atoms with Gasteiger partial charge in [-0.25, -0.2) is 12.7 Å². The summed E-state index contributed by atoms with van der Waals surface area (Å²) in [4.78, 5) is 0. The van der Waals surface area contributed by atoms with Crippen LogP contribution in [0.25, 0.3) is 0 Å². The van der Waals surface area contributed by atoms with Gasteiger partial charge in [-0.05, 0) is 37.6 Å². The molecule has 0 amide bonds. The SMILES string of the molecule is CNC1CCCN(S(=O)(=O)Cc2cccc(OC)c2)C1. The number of methoxy groups -OCH3 is 1. The average Bonchev–Trinajstić information content (AvgIpc) is 2.47. The van der Waals surface area contributed by atoms with Crippen LogP contribution in [0.3, 0.4) is 0 Å². The molecule has 20 heavy (non-hydrogen) atoms. The van der Waals surface area contributed by atoms with Gasteiger partial charge in [-0.1, -0.05) is 12.1 Å². The minimum atomic E-state index is -3.27. The number of piperidine rings is 1. The first-order valence-corrected chi connectivity index (χ1v) is 8.44. The maximum atomic E-state index is 12.5. The maximum Gasteiger partial charge on any atom is 0.218 e. The Morgan fingerprint density at radius 1 is 1.45 bits per heavy atom. The highest BCUT2D eigenvalue weighted by molar-refractivity contribution is 7.88. The van der Waals surface area contributed by atoms with E-state index in [1.54, 1.807) is 17.5 Å². The van der Waals surface area contributed by atoms with Crippen LogP contribution in [0.15, 0.2) is 24.3 Å². The summed E-state index contributed by atoms with van der Waals surface area (Å²) in [5, 5.41) is 3.16. The molecule has 0 aliphatic carbocycles. The molecule has 1 aliphatic heterocycles. The molecule has 0 aromatic heterocycles. The largest absolute Gasteiger partial charge is 0.497 e. The number of rotatable bonds is 5. The van der Waals surface area contributed by atoms with Crippen LogP contribution in [-0.4, -0.2) is 46.0 Å². The van der Waals surface area contributed by atoms with E-state index in [0.29, 0.717) is 18.8 Å². The topological polar surface area (TPSA) is 58.6 Å². The van der Waals surface area contributed by atoms with Crippen molar-refractivity contribution in [2.75, 3.05) is 27.2 Å². The second-order valence-electron chi connectivity index (χ2n) is 5.09. The van der Waals surface area contributed by atoms with Crippen LogP contribution < -0.4 is 10.1 Å². The van der Waals surface area contributed by atoms with Gasteiger partial charge in [0.2, 0.25) is 10.0 Å². The molecular formula is C14H22N2O3S. The van der Waals surface area contributed by atoms with E-state index in [0.717, 1.165) is 18.4 Å². The zero-order chi connectivity index (χ0) is 14.6. The lowest BCUT2D eigenvalue weighted by Crippen LogP contribution is -2.47. The molecule has 112 valence electrons. The van der Waals surface area contributed by atoms with Crippen molar-refractivity contribution >= 4 is 10.0 Å². The predicted molar refractivity (Wildman–Crippen MR) is 79.3 cm³/mol. The van der Waals surface area contributed by atoms with Gasteiger partial charge in [0.25, 0.3) is 0 Å². The van der Waals surface area contributed by atoms with E-state index in [-0.39, 0.29) is 11.8 Å². The smallest absolute Gasteiger partial charge is 0.218 e. The molecule has 1 aliphatic rings. The number of sulfonamides is 1. The normalized spacial score (nSPS) is 20.8. The Labute approximate surface area is 121 Å². The fourth-order valence-electron chi connectivity index (χ4n) is 2.49. The molecule has 1 unspecified atom stereocenters. The summed E-state index contributed by atoms with van der Waals surface area (Å²) in [5.74, 6) is 0.713. The van der Waals surface area contributed by atoms with E-state index in [9.17, 15) is 8.42 Å². The Morgan fingerprint density at radius 2 is 2.25 bits per heavy atom. The van der Waals surface area contributed by atoms with Crippen molar-refractivity contribution in [2.24, 2.45) is 0 Å². The van der Waals surface area contributed by atoms with Gasteiger partial charge in [-0.2, -0.15) is 0 Å². The monoisotopic (exact) mass is 298 g/mol. The molecule has 6 heteroatoms.